The van der Waals surface area contributed by atoms with Gasteiger partial charge in [0.25, 0.3) is 0 Å². The number of carbonyl (C=O) groups excluding carboxylic acids is 1. The summed E-state index contributed by atoms with van der Waals surface area (Å²) in [6.07, 6.45) is 12.9. The van der Waals surface area contributed by atoms with Crippen molar-refractivity contribution in [2.24, 2.45) is 29.1 Å². The third-order valence-corrected chi connectivity index (χ3v) is 8.87. The summed E-state index contributed by atoms with van der Waals surface area (Å²) in [5.41, 5.74) is 3.06. The van der Waals surface area contributed by atoms with Crippen LogP contribution in [-0.4, -0.2) is 17.0 Å². The summed E-state index contributed by atoms with van der Waals surface area (Å²) in [7, 11) is 0. The first kappa shape index (κ1) is 22.3. The van der Waals surface area contributed by atoms with Crippen molar-refractivity contribution >= 4 is 5.78 Å². The lowest BCUT2D eigenvalue weighted by Gasteiger charge is -2.57. The molecule has 5 rings (SSSR count). The highest BCUT2D eigenvalue weighted by molar-refractivity contribution is 5.91. The van der Waals surface area contributed by atoms with Gasteiger partial charge < -0.3 is 5.11 Å². The standard InChI is InChI=1S/C25H31FO2.C3H4/c1-14-3-4-16(12-22(14)26)20-13-25(2)21(9-10-23(25)28)19-7-5-15-11-17(27)6-8-18(15)24(19)20;1-3-2/h3-4,11-12,18-21,23-24,28H,5-10,13H2,1-2H3;1H,2H3. The van der Waals surface area contributed by atoms with Crippen LogP contribution in [0.15, 0.2) is 29.8 Å². The third-order valence-electron chi connectivity index (χ3n) is 8.87. The minimum atomic E-state index is -0.249. The van der Waals surface area contributed by atoms with Crippen molar-refractivity contribution < 1.29 is 14.3 Å². The number of carbonyl (C=O) groups is 1. The molecule has 31 heavy (non-hydrogen) atoms. The van der Waals surface area contributed by atoms with Gasteiger partial charge in [0.1, 0.15) is 5.82 Å². The molecule has 1 N–H and O–H groups in total. The Morgan fingerprint density at radius 2 is 1.90 bits per heavy atom. The number of fused-ring (bicyclic) bond motifs is 5. The lowest BCUT2D eigenvalue weighted by Crippen LogP contribution is -2.50. The summed E-state index contributed by atoms with van der Waals surface area (Å²) >= 11 is 0. The Labute approximate surface area is 186 Å². The van der Waals surface area contributed by atoms with Gasteiger partial charge in [0, 0.05) is 6.42 Å². The second kappa shape index (κ2) is 8.55. The largest absolute Gasteiger partial charge is 0.393 e. The number of ketones is 1. The summed E-state index contributed by atoms with van der Waals surface area (Å²) < 4.78 is 14.5. The maximum Gasteiger partial charge on any atom is 0.155 e. The lowest BCUT2D eigenvalue weighted by atomic mass is 9.48. The molecule has 2 nitrogen and oxygen atoms in total. The molecule has 1 aromatic carbocycles. The molecule has 3 saturated carbocycles. The van der Waals surface area contributed by atoms with Crippen LogP contribution >= 0.6 is 0 Å². The van der Waals surface area contributed by atoms with Crippen LogP contribution in [-0.2, 0) is 4.79 Å². The molecule has 4 aliphatic rings. The van der Waals surface area contributed by atoms with Crippen LogP contribution in [0.2, 0.25) is 0 Å². The number of aliphatic hydroxyl groups is 1. The first-order valence-corrected chi connectivity index (χ1v) is 11.8. The summed E-state index contributed by atoms with van der Waals surface area (Å²) in [5.74, 6) is 4.71. The van der Waals surface area contributed by atoms with E-state index in [0.717, 1.165) is 44.1 Å². The number of hydrogen-bond acceptors (Lipinski definition) is 2. The van der Waals surface area contributed by atoms with E-state index in [0.29, 0.717) is 35.7 Å². The van der Waals surface area contributed by atoms with Crippen molar-refractivity contribution in [3.63, 3.8) is 0 Å². The van der Waals surface area contributed by atoms with Gasteiger partial charge in [-0.05, 0) is 111 Å². The molecule has 166 valence electrons. The molecule has 4 aliphatic carbocycles. The highest BCUT2D eigenvalue weighted by Gasteiger charge is 2.59. The average Bonchev–Trinajstić information content (AvgIpc) is 3.04. The minimum absolute atomic E-state index is 0.0705. The quantitative estimate of drug-likeness (QED) is 0.566. The number of hydrogen-bond donors (Lipinski definition) is 1. The summed E-state index contributed by atoms with van der Waals surface area (Å²) in [6, 6.07) is 5.76. The first-order chi connectivity index (χ1) is 14.8. The molecule has 3 fully saturated rings. The molecular weight excluding hydrogens is 387 g/mol. The van der Waals surface area contributed by atoms with E-state index in [9.17, 15) is 14.3 Å². The Bertz CT molecular complexity index is 925. The van der Waals surface area contributed by atoms with Gasteiger partial charge in [0.15, 0.2) is 5.78 Å². The zero-order chi connectivity index (χ0) is 22.3. The molecule has 1 aromatic rings. The normalized spacial score (nSPS) is 38.6. The molecule has 0 radical (unpaired) electrons. The van der Waals surface area contributed by atoms with E-state index in [1.807, 2.05) is 19.1 Å². The minimum Gasteiger partial charge on any atom is -0.393 e. The molecular formula is C28H35FO2. The van der Waals surface area contributed by atoms with E-state index in [1.165, 1.54) is 5.57 Å². The predicted octanol–water partition coefficient (Wildman–Crippen LogP) is 5.97. The number of aryl methyl sites for hydroxylation is 1. The van der Waals surface area contributed by atoms with Crippen LogP contribution in [0.25, 0.3) is 0 Å². The van der Waals surface area contributed by atoms with Crippen molar-refractivity contribution in [2.75, 3.05) is 0 Å². The fourth-order valence-electron chi connectivity index (χ4n) is 7.46. The maximum atomic E-state index is 14.5. The number of allylic oxidation sites excluding steroid dienone is 1. The van der Waals surface area contributed by atoms with E-state index in [1.54, 1.807) is 13.0 Å². The van der Waals surface area contributed by atoms with Gasteiger partial charge >= 0.3 is 0 Å². The van der Waals surface area contributed by atoms with Crippen molar-refractivity contribution in [1.29, 1.82) is 0 Å². The van der Waals surface area contributed by atoms with Crippen molar-refractivity contribution in [3.05, 3.63) is 46.8 Å². The second-order valence-electron chi connectivity index (χ2n) is 10.4. The molecule has 3 heteroatoms. The Balaban J connectivity index is 0.000000730. The predicted molar refractivity (Wildman–Crippen MR) is 122 cm³/mol. The van der Waals surface area contributed by atoms with Gasteiger partial charge in [-0.25, -0.2) is 4.39 Å². The van der Waals surface area contributed by atoms with Gasteiger partial charge in [-0.3, -0.25) is 4.79 Å². The number of halogens is 1. The van der Waals surface area contributed by atoms with Crippen molar-refractivity contribution in [3.8, 4) is 12.3 Å². The van der Waals surface area contributed by atoms with Crippen LogP contribution in [0.5, 0.6) is 0 Å². The lowest BCUT2D eigenvalue weighted by molar-refractivity contribution is -0.116. The Morgan fingerprint density at radius 1 is 1.16 bits per heavy atom. The third kappa shape index (κ3) is 3.78. The molecule has 0 spiro atoms. The molecule has 0 amide bonds. The molecule has 0 aliphatic heterocycles. The van der Waals surface area contributed by atoms with Crippen molar-refractivity contribution in [1.82, 2.24) is 0 Å². The van der Waals surface area contributed by atoms with Gasteiger partial charge in [-0.15, -0.1) is 12.3 Å². The monoisotopic (exact) mass is 422 g/mol. The van der Waals surface area contributed by atoms with Crippen LogP contribution in [0.1, 0.15) is 75.8 Å². The molecule has 0 saturated heterocycles. The van der Waals surface area contributed by atoms with Gasteiger partial charge in [-0.1, -0.05) is 24.6 Å². The molecule has 0 heterocycles. The van der Waals surface area contributed by atoms with Gasteiger partial charge in [0.2, 0.25) is 0 Å². The topological polar surface area (TPSA) is 37.3 Å². The smallest absolute Gasteiger partial charge is 0.155 e. The van der Waals surface area contributed by atoms with Crippen LogP contribution in [0, 0.1) is 54.2 Å². The summed E-state index contributed by atoms with van der Waals surface area (Å²) in [4.78, 5) is 12.0. The number of rotatable bonds is 1. The van der Waals surface area contributed by atoms with Crippen LogP contribution in [0.4, 0.5) is 4.39 Å². The van der Waals surface area contributed by atoms with E-state index < -0.39 is 0 Å². The Hall–Kier alpha value is -1.92. The molecule has 7 atom stereocenters. The molecule has 0 aromatic heterocycles. The molecule has 0 bridgehead atoms. The maximum absolute atomic E-state index is 14.5. The first-order valence-electron chi connectivity index (χ1n) is 11.8. The highest BCUT2D eigenvalue weighted by Crippen LogP contribution is 2.65. The van der Waals surface area contributed by atoms with Gasteiger partial charge in [-0.2, -0.15) is 0 Å². The van der Waals surface area contributed by atoms with E-state index in [-0.39, 0.29) is 29.0 Å². The second-order valence-corrected chi connectivity index (χ2v) is 10.4. The number of benzene rings is 1. The van der Waals surface area contributed by atoms with Crippen LogP contribution < -0.4 is 0 Å². The van der Waals surface area contributed by atoms with E-state index >= 15 is 0 Å². The van der Waals surface area contributed by atoms with Gasteiger partial charge in [0.05, 0.1) is 6.10 Å². The zero-order valence-corrected chi connectivity index (χ0v) is 19.0. The Kier molecular flexibility index (Phi) is 6.14. The number of aliphatic hydroxyl groups excluding tert-OH is 1. The van der Waals surface area contributed by atoms with E-state index in [4.69, 9.17) is 0 Å². The number of terminal acetylenes is 1. The highest BCUT2D eigenvalue weighted by atomic mass is 19.1. The van der Waals surface area contributed by atoms with Crippen molar-refractivity contribution in [2.45, 2.75) is 77.7 Å². The SMILES string of the molecule is C#CC.Cc1ccc(C2CC3(C)C(O)CCC3C3CCC4=CC(=O)CCC4C23)cc1F. The fraction of sp³-hybridized carbons (Fsp3) is 0.607. The summed E-state index contributed by atoms with van der Waals surface area (Å²) in [5, 5.41) is 10.9. The Morgan fingerprint density at radius 3 is 2.61 bits per heavy atom. The van der Waals surface area contributed by atoms with E-state index in [2.05, 4.69) is 25.3 Å². The summed E-state index contributed by atoms with van der Waals surface area (Å²) in [6.45, 7) is 5.74. The molecule has 7 unspecified atom stereocenters. The fourth-order valence-corrected chi connectivity index (χ4v) is 7.46. The zero-order valence-electron chi connectivity index (χ0n) is 19.0. The average molecular weight is 423 g/mol. The van der Waals surface area contributed by atoms with Crippen LogP contribution in [0.3, 0.4) is 0 Å².